The number of rotatable bonds is 5. The SMILES string of the molecule is CCNCO.Cl.O=C1C=C(N2CC2)C(=O)C(N2CC2)=C1N1CC1. The number of aliphatic hydroxyl groups is 1. The highest BCUT2D eigenvalue weighted by molar-refractivity contribution is 6.22. The minimum Gasteiger partial charge on any atom is -0.381 e. The van der Waals surface area contributed by atoms with Crippen LogP contribution in [0.4, 0.5) is 0 Å². The summed E-state index contributed by atoms with van der Waals surface area (Å²) >= 11 is 0. The molecule has 0 aromatic rings. The minimum absolute atomic E-state index is 0. The van der Waals surface area contributed by atoms with E-state index in [1.807, 2.05) is 21.6 Å². The largest absolute Gasteiger partial charge is 0.381 e. The summed E-state index contributed by atoms with van der Waals surface area (Å²) in [5.41, 5.74) is 1.89. The van der Waals surface area contributed by atoms with Gasteiger partial charge in [0.25, 0.3) is 0 Å². The quantitative estimate of drug-likeness (QED) is 0.383. The molecule has 4 rings (SSSR count). The zero-order chi connectivity index (χ0) is 15.7. The number of carbonyl (C=O) groups is 2. The number of nitrogens with one attached hydrogen (secondary N) is 1. The second-order valence-electron chi connectivity index (χ2n) is 5.64. The molecule has 0 aromatic carbocycles. The van der Waals surface area contributed by atoms with Gasteiger partial charge in [0.2, 0.25) is 11.6 Å². The number of hydrogen-bond acceptors (Lipinski definition) is 7. The van der Waals surface area contributed by atoms with Gasteiger partial charge in [0.15, 0.2) is 0 Å². The first-order valence-electron chi connectivity index (χ1n) is 7.78. The van der Waals surface area contributed by atoms with Gasteiger partial charge in [0, 0.05) is 45.3 Å². The summed E-state index contributed by atoms with van der Waals surface area (Å²) in [4.78, 5) is 30.5. The summed E-state index contributed by atoms with van der Waals surface area (Å²) in [6, 6.07) is 0. The van der Waals surface area contributed by atoms with Crippen molar-refractivity contribution in [1.29, 1.82) is 0 Å². The first kappa shape index (κ1) is 17.8. The van der Waals surface area contributed by atoms with Crippen LogP contribution in [0.3, 0.4) is 0 Å². The molecular weight excluding hydrogens is 320 g/mol. The number of Topliss-reactive ketones (excluding diaryl/α,β-unsaturated/α-hetero) is 1. The highest BCUT2D eigenvalue weighted by atomic mass is 35.5. The van der Waals surface area contributed by atoms with Crippen molar-refractivity contribution in [3.05, 3.63) is 23.2 Å². The van der Waals surface area contributed by atoms with Gasteiger partial charge in [-0.1, -0.05) is 6.92 Å². The molecule has 7 nitrogen and oxygen atoms in total. The van der Waals surface area contributed by atoms with E-state index in [9.17, 15) is 9.59 Å². The van der Waals surface area contributed by atoms with Gasteiger partial charge >= 0.3 is 0 Å². The van der Waals surface area contributed by atoms with Gasteiger partial charge in [-0.25, -0.2) is 0 Å². The summed E-state index contributed by atoms with van der Waals surface area (Å²) in [7, 11) is 0. The van der Waals surface area contributed by atoms with Crippen molar-refractivity contribution in [3.8, 4) is 0 Å². The van der Waals surface area contributed by atoms with E-state index in [0.29, 0.717) is 17.1 Å². The van der Waals surface area contributed by atoms with Gasteiger partial charge in [0.1, 0.15) is 11.4 Å². The fourth-order valence-electron chi connectivity index (χ4n) is 2.39. The average Bonchev–Trinajstić information content (AvgIpc) is 3.37. The predicted molar refractivity (Wildman–Crippen MR) is 87.9 cm³/mol. The highest BCUT2D eigenvalue weighted by Gasteiger charge is 2.43. The van der Waals surface area contributed by atoms with Crippen LogP contribution in [0.2, 0.25) is 0 Å². The molecule has 0 aromatic heterocycles. The molecule has 2 N–H and O–H groups in total. The lowest BCUT2D eigenvalue weighted by molar-refractivity contribution is -0.117. The maximum Gasteiger partial charge on any atom is 0.227 e. The standard InChI is InChI=1S/C12H13N3O2.C3H9NO.ClH/c16-9-7-8(13-1-2-13)12(17)11(15-5-6-15)10(9)14-3-4-14;1-2-4-3-5;/h7H,1-6H2;4-5H,2-3H2,1H3;1H. The van der Waals surface area contributed by atoms with Crippen LogP contribution >= 0.6 is 12.4 Å². The Morgan fingerprint density at radius 2 is 1.52 bits per heavy atom. The van der Waals surface area contributed by atoms with E-state index >= 15 is 0 Å². The Labute approximate surface area is 142 Å². The third kappa shape index (κ3) is 4.04. The fraction of sp³-hybridized carbons (Fsp3) is 0.600. The van der Waals surface area contributed by atoms with E-state index in [-0.39, 0.29) is 30.7 Å². The summed E-state index contributed by atoms with van der Waals surface area (Å²) in [6.45, 7) is 8.28. The molecule has 23 heavy (non-hydrogen) atoms. The molecule has 0 spiro atoms. The summed E-state index contributed by atoms with van der Waals surface area (Å²) in [5, 5.41) is 10.6. The monoisotopic (exact) mass is 342 g/mol. The number of carbonyl (C=O) groups excluding carboxylic acids is 2. The molecular formula is C15H23ClN4O3. The normalized spacial score (nSPS) is 21.5. The van der Waals surface area contributed by atoms with E-state index in [4.69, 9.17) is 5.11 Å². The number of allylic oxidation sites excluding steroid dienone is 1. The fourth-order valence-corrected chi connectivity index (χ4v) is 2.39. The van der Waals surface area contributed by atoms with Crippen molar-refractivity contribution in [2.24, 2.45) is 0 Å². The summed E-state index contributed by atoms with van der Waals surface area (Å²) in [6.07, 6.45) is 1.52. The molecule has 3 fully saturated rings. The third-order valence-corrected chi connectivity index (χ3v) is 3.85. The second kappa shape index (κ2) is 7.33. The van der Waals surface area contributed by atoms with Gasteiger partial charge in [-0.05, 0) is 6.54 Å². The van der Waals surface area contributed by atoms with Crippen molar-refractivity contribution >= 4 is 24.0 Å². The molecule has 1 aliphatic carbocycles. The maximum absolute atomic E-state index is 12.4. The van der Waals surface area contributed by atoms with Crippen molar-refractivity contribution in [2.75, 3.05) is 52.5 Å². The van der Waals surface area contributed by atoms with E-state index in [1.54, 1.807) is 0 Å². The van der Waals surface area contributed by atoms with Crippen molar-refractivity contribution in [3.63, 3.8) is 0 Å². The first-order valence-corrected chi connectivity index (χ1v) is 7.78. The lowest BCUT2D eigenvalue weighted by Gasteiger charge is -2.21. The smallest absolute Gasteiger partial charge is 0.227 e. The van der Waals surface area contributed by atoms with Crippen LogP contribution in [0.15, 0.2) is 23.2 Å². The van der Waals surface area contributed by atoms with Crippen LogP contribution in [0.25, 0.3) is 0 Å². The highest BCUT2D eigenvalue weighted by Crippen LogP contribution is 2.33. The summed E-state index contributed by atoms with van der Waals surface area (Å²) in [5.74, 6) is 0.0485. The summed E-state index contributed by atoms with van der Waals surface area (Å²) < 4.78 is 0. The Kier molecular flexibility index (Phi) is 5.67. The number of nitrogens with zero attached hydrogens (tertiary/aromatic N) is 3. The lowest BCUT2D eigenvalue weighted by Crippen LogP contribution is -2.29. The Balaban J connectivity index is 0.000000284. The van der Waals surface area contributed by atoms with Crippen LogP contribution in [0.1, 0.15) is 6.92 Å². The van der Waals surface area contributed by atoms with Gasteiger partial charge < -0.3 is 19.8 Å². The Morgan fingerprint density at radius 3 is 1.91 bits per heavy atom. The van der Waals surface area contributed by atoms with Gasteiger partial charge in [-0.15, -0.1) is 12.4 Å². The van der Waals surface area contributed by atoms with Crippen molar-refractivity contribution < 1.29 is 14.7 Å². The molecule has 0 atom stereocenters. The molecule has 0 amide bonds. The number of halogens is 1. The molecule has 3 aliphatic heterocycles. The van der Waals surface area contributed by atoms with E-state index in [2.05, 4.69) is 5.32 Å². The topological polar surface area (TPSA) is 75.4 Å². The van der Waals surface area contributed by atoms with Gasteiger partial charge in [-0.2, -0.15) is 0 Å². The first-order chi connectivity index (χ1) is 10.7. The molecule has 0 saturated carbocycles. The zero-order valence-corrected chi connectivity index (χ0v) is 14.1. The van der Waals surface area contributed by atoms with Gasteiger partial charge in [0.05, 0.1) is 12.4 Å². The Morgan fingerprint density at radius 1 is 1.00 bits per heavy atom. The van der Waals surface area contributed by atoms with Crippen molar-refractivity contribution in [1.82, 2.24) is 20.0 Å². The van der Waals surface area contributed by atoms with Gasteiger partial charge in [-0.3, -0.25) is 14.9 Å². The van der Waals surface area contributed by atoms with Crippen LogP contribution in [0, 0.1) is 0 Å². The van der Waals surface area contributed by atoms with E-state index in [1.165, 1.54) is 6.08 Å². The molecule has 0 radical (unpaired) electrons. The Bertz CT molecular complexity index is 547. The Hall–Kier alpha value is -1.57. The number of ketones is 2. The molecule has 4 aliphatic rings. The lowest BCUT2D eigenvalue weighted by atomic mass is 10.0. The molecule has 0 unspecified atom stereocenters. The minimum atomic E-state index is 0. The molecule has 0 bridgehead atoms. The van der Waals surface area contributed by atoms with Crippen LogP contribution in [0.5, 0.6) is 0 Å². The predicted octanol–water partition coefficient (Wildman–Crippen LogP) is -0.852. The second-order valence-corrected chi connectivity index (χ2v) is 5.64. The van der Waals surface area contributed by atoms with Crippen LogP contribution in [-0.4, -0.2) is 83.9 Å². The molecule has 128 valence electrons. The molecule has 3 heterocycles. The number of aliphatic hydroxyl groups excluding tert-OH is 1. The maximum atomic E-state index is 12.4. The third-order valence-electron chi connectivity index (χ3n) is 3.85. The van der Waals surface area contributed by atoms with Crippen LogP contribution < -0.4 is 5.32 Å². The van der Waals surface area contributed by atoms with Crippen molar-refractivity contribution in [2.45, 2.75) is 6.92 Å². The van der Waals surface area contributed by atoms with E-state index in [0.717, 1.165) is 45.8 Å². The average molecular weight is 343 g/mol. The van der Waals surface area contributed by atoms with E-state index < -0.39 is 0 Å². The number of hydrogen-bond donors (Lipinski definition) is 2. The zero-order valence-electron chi connectivity index (χ0n) is 13.2. The molecule has 8 heteroatoms. The molecule has 3 saturated heterocycles. The van der Waals surface area contributed by atoms with Crippen LogP contribution in [-0.2, 0) is 9.59 Å².